The normalized spacial score (nSPS) is 11.5. The van der Waals surface area contributed by atoms with Gasteiger partial charge in [-0.05, 0) is 65.6 Å². The first-order valence-corrected chi connectivity index (χ1v) is 10.3. The zero-order chi connectivity index (χ0) is 23.2. The van der Waals surface area contributed by atoms with Crippen LogP contribution in [0.5, 0.6) is 0 Å². The van der Waals surface area contributed by atoms with Crippen LogP contribution < -0.4 is 10.9 Å². The van der Waals surface area contributed by atoms with E-state index in [0.717, 1.165) is 10.9 Å². The Balaban J connectivity index is 1.48. The number of nitrogens with one attached hydrogen (secondary N) is 2. The number of H-pyrrole nitrogens is 1. The highest BCUT2D eigenvalue weighted by molar-refractivity contribution is 6.30. The molecule has 0 aliphatic rings. The average Bonchev–Trinajstić information content (AvgIpc) is 2.83. The minimum Gasteiger partial charge on any atom is -0.321 e. The molecular weight excluding hydrogens is 436 g/mol. The van der Waals surface area contributed by atoms with Crippen molar-refractivity contribution in [2.45, 2.75) is 0 Å². The number of hydrogen-bond acceptors (Lipinski definition) is 4. The van der Waals surface area contributed by atoms with Gasteiger partial charge in [0, 0.05) is 28.0 Å². The maximum absolute atomic E-state index is 12.6. The Morgan fingerprint density at radius 1 is 1.03 bits per heavy atom. The third-order valence-corrected chi connectivity index (χ3v) is 5.06. The molecule has 4 rings (SSSR count). The van der Waals surface area contributed by atoms with Crippen molar-refractivity contribution in [1.82, 2.24) is 4.98 Å². The number of fused-ring (bicyclic) bond motifs is 1. The van der Waals surface area contributed by atoms with Gasteiger partial charge in [-0.1, -0.05) is 41.9 Å². The summed E-state index contributed by atoms with van der Waals surface area (Å²) in [5.74, 6) is -0.609. The second-order valence-corrected chi connectivity index (χ2v) is 7.56. The number of nitrogens with zero attached hydrogens (tertiary/aromatic N) is 2. The summed E-state index contributed by atoms with van der Waals surface area (Å²) in [7, 11) is 0. The lowest BCUT2D eigenvalue weighted by Gasteiger charge is -2.05. The number of amides is 1. The van der Waals surface area contributed by atoms with E-state index in [1.807, 2.05) is 36.4 Å². The first kappa shape index (κ1) is 21.8. The van der Waals surface area contributed by atoms with Gasteiger partial charge in [0.2, 0.25) is 0 Å². The third-order valence-electron chi connectivity index (χ3n) is 4.80. The standard InChI is InChI=1S/C26H17ClN4O2/c27-21-7-5-17(6-8-21)16-29-22-9-11-23(12-10-22)30-26(33)20(15-28)14-19-13-18-3-1-2-4-24(18)31-25(19)32/h1-14,16H,(H,30,33)(H,31,32). The predicted molar refractivity (Wildman–Crippen MR) is 132 cm³/mol. The highest BCUT2D eigenvalue weighted by Gasteiger charge is 2.11. The molecule has 0 saturated heterocycles. The van der Waals surface area contributed by atoms with E-state index in [2.05, 4.69) is 15.3 Å². The number of aromatic amines is 1. The smallest absolute Gasteiger partial charge is 0.266 e. The highest BCUT2D eigenvalue weighted by Crippen LogP contribution is 2.18. The van der Waals surface area contributed by atoms with Crippen molar-refractivity contribution < 1.29 is 4.79 Å². The van der Waals surface area contributed by atoms with Gasteiger partial charge in [0.15, 0.2) is 0 Å². The van der Waals surface area contributed by atoms with Crippen LogP contribution in [0.15, 0.2) is 94.2 Å². The quantitative estimate of drug-likeness (QED) is 0.238. The Morgan fingerprint density at radius 3 is 2.48 bits per heavy atom. The van der Waals surface area contributed by atoms with Crippen LogP contribution in [0.4, 0.5) is 11.4 Å². The average molecular weight is 453 g/mol. The summed E-state index contributed by atoms with van der Waals surface area (Å²) in [6.07, 6.45) is 2.99. The van der Waals surface area contributed by atoms with Crippen molar-refractivity contribution in [3.05, 3.63) is 111 Å². The molecule has 0 atom stereocenters. The van der Waals surface area contributed by atoms with Crippen molar-refractivity contribution in [3.63, 3.8) is 0 Å². The summed E-state index contributed by atoms with van der Waals surface area (Å²) < 4.78 is 0. The molecule has 0 radical (unpaired) electrons. The topological polar surface area (TPSA) is 98.1 Å². The molecule has 4 aromatic rings. The van der Waals surface area contributed by atoms with Gasteiger partial charge >= 0.3 is 0 Å². The van der Waals surface area contributed by atoms with E-state index in [1.165, 1.54) is 6.08 Å². The summed E-state index contributed by atoms with van der Waals surface area (Å²) in [4.78, 5) is 32.0. The molecule has 0 fully saturated rings. The first-order chi connectivity index (χ1) is 16.0. The van der Waals surface area contributed by atoms with E-state index in [4.69, 9.17) is 11.6 Å². The number of pyridine rings is 1. The molecule has 0 unspecified atom stereocenters. The molecule has 0 spiro atoms. The van der Waals surface area contributed by atoms with Crippen LogP contribution in [0.1, 0.15) is 11.1 Å². The van der Waals surface area contributed by atoms with Crippen LogP contribution >= 0.6 is 11.6 Å². The number of hydrogen-bond donors (Lipinski definition) is 2. The van der Waals surface area contributed by atoms with Gasteiger partial charge in [-0.15, -0.1) is 0 Å². The van der Waals surface area contributed by atoms with Crippen molar-refractivity contribution in [2.24, 2.45) is 4.99 Å². The highest BCUT2D eigenvalue weighted by atomic mass is 35.5. The SMILES string of the molecule is N#CC(=Cc1cc2ccccc2[nH]c1=O)C(=O)Nc1ccc(N=Cc2ccc(Cl)cc2)cc1. The largest absolute Gasteiger partial charge is 0.321 e. The summed E-state index contributed by atoms with van der Waals surface area (Å²) >= 11 is 5.88. The first-order valence-electron chi connectivity index (χ1n) is 9.97. The van der Waals surface area contributed by atoms with Gasteiger partial charge in [-0.2, -0.15) is 5.26 Å². The number of para-hydroxylation sites is 1. The number of carbonyl (C=O) groups excluding carboxylic acids is 1. The molecule has 1 aromatic heterocycles. The molecule has 3 aromatic carbocycles. The zero-order valence-electron chi connectivity index (χ0n) is 17.2. The summed E-state index contributed by atoms with van der Waals surface area (Å²) in [6, 6.07) is 24.9. The molecule has 7 heteroatoms. The number of aromatic nitrogens is 1. The van der Waals surface area contributed by atoms with Crippen LogP contribution in [0, 0.1) is 11.3 Å². The fourth-order valence-corrected chi connectivity index (χ4v) is 3.23. The van der Waals surface area contributed by atoms with Crippen LogP contribution in [0.25, 0.3) is 17.0 Å². The summed E-state index contributed by atoms with van der Waals surface area (Å²) in [6.45, 7) is 0. The van der Waals surface area contributed by atoms with Crippen LogP contribution in [-0.4, -0.2) is 17.1 Å². The fourth-order valence-electron chi connectivity index (χ4n) is 3.10. The lowest BCUT2D eigenvalue weighted by Crippen LogP contribution is -2.15. The van der Waals surface area contributed by atoms with Crippen LogP contribution in [0.3, 0.4) is 0 Å². The van der Waals surface area contributed by atoms with E-state index in [1.54, 1.807) is 54.7 Å². The maximum atomic E-state index is 12.6. The number of rotatable bonds is 5. The number of halogens is 1. The Labute approximate surface area is 194 Å². The zero-order valence-corrected chi connectivity index (χ0v) is 18.0. The minimum atomic E-state index is -0.609. The molecule has 0 aliphatic heterocycles. The lowest BCUT2D eigenvalue weighted by molar-refractivity contribution is -0.112. The Hall–Kier alpha value is -4.47. The third kappa shape index (κ3) is 5.42. The molecule has 0 bridgehead atoms. The monoisotopic (exact) mass is 452 g/mol. The molecule has 160 valence electrons. The molecule has 0 aliphatic carbocycles. The van der Waals surface area contributed by atoms with Gasteiger partial charge in [0.25, 0.3) is 11.5 Å². The Morgan fingerprint density at radius 2 is 1.76 bits per heavy atom. The van der Waals surface area contributed by atoms with Gasteiger partial charge in [0.1, 0.15) is 11.6 Å². The van der Waals surface area contributed by atoms with Crippen molar-refractivity contribution in [1.29, 1.82) is 5.26 Å². The molecular formula is C26H17ClN4O2. The minimum absolute atomic E-state index is 0.180. The number of carbonyl (C=O) groups is 1. The fraction of sp³-hybridized carbons (Fsp3) is 0. The Bertz CT molecular complexity index is 1480. The number of anilines is 1. The van der Waals surface area contributed by atoms with Crippen molar-refractivity contribution in [3.8, 4) is 6.07 Å². The summed E-state index contributed by atoms with van der Waals surface area (Å²) in [5.41, 5.74) is 2.46. The van der Waals surface area contributed by atoms with Gasteiger partial charge in [-0.3, -0.25) is 14.6 Å². The molecule has 1 amide bonds. The number of nitriles is 1. The molecule has 0 saturated carbocycles. The van der Waals surface area contributed by atoms with Crippen molar-refractivity contribution >= 4 is 52.1 Å². The van der Waals surface area contributed by atoms with Gasteiger partial charge in [0.05, 0.1) is 5.69 Å². The number of aliphatic imine (C=N–C) groups is 1. The predicted octanol–water partition coefficient (Wildman–Crippen LogP) is 5.48. The Kier molecular flexibility index (Phi) is 6.44. The molecule has 6 nitrogen and oxygen atoms in total. The van der Waals surface area contributed by atoms with E-state index >= 15 is 0 Å². The second kappa shape index (κ2) is 9.77. The second-order valence-electron chi connectivity index (χ2n) is 7.12. The van der Waals surface area contributed by atoms with E-state index in [-0.39, 0.29) is 16.7 Å². The van der Waals surface area contributed by atoms with Crippen LogP contribution in [0.2, 0.25) is 5.02 Å². The van der Waals surface area contributed by atoms with Gasteiger partial charge in [-0.25, -0.2) is 0 Å². The van der Waals surface area contributed by atoms with Gasteiger partial charge < -0.3 is 10.3 Å². The molecule has 33 heavy (non-hydrogen) atoms. The summed E-state index contributed by atoms with van der Waals surface area (Å²) in [5, 5.41) is 13.6. The van der Waals surface area contributed by atoms with Crippen molar-refractivity contribution in [2.75, 3.05) is 5.32 Å². The molecule has 2 N–H and O–H groups in total. The molecule has 1 heterocycles. The van der Waals surface area contributed by atoms with Crippen LogP contribution in [-0.2, 0) is 4.79 Å². The van der Waals surface area contributed by atoms with E-state index in [0.29, 0.717) is 21.9 Å². The van der Waals surface area contributed by atoms with E-state index in [9.17, 15) is 14.9 Å². The maximum Gasteiger partial charge on any atom is 0.266 e. The van der Waals surface area contributed by atoms with E-state index < -0.39 is 5.91 Å². The lowest BCUT2D eigenvalue weighted by atomic mass is 10.1. The number of benzene rings is 3.